The average molecular weight is 351 g/mol. The molecule has 21 heavy (non-hydrogen) atoms. The first kappa shape index (κ1) is 15.8. The van der Waals surface area contributed by atoms with Crippen molar-refractivity contribution in [3.05, 3.63) is 45.2 Å². The zero-order valence-corrected chi connectivity index (χ0v) is 14.3. The van der Waals surface area contributed by atoms with Gasteiger partial charge in [-0.05, 0) is 43.5 Å². The number of hydrogen-bond acceptors (Lipinski definition) is 3. The molecule has 1 aromatic carbocycles. The Labute approximate surface area is 133 Å². The third-order valence-corrected chi connectivity index (χ3v) is 4.63. The first-order valence-electron chi connectivity index (χ1n) is 6.90. The van der Waals surface area contributed by atoms with Crippen LogP contribution in [0.25, 0.3) is 0 Å². The number of halogens is 1. The number of rotatable bonds is 5. The molecule has 2 aromatic rings. The van der Waals surface area contributed by atoms with Crippen molar-refractivity contribution >= 4 is 21.7 Å². The lowest BCUT2D eigenvalue weighted by atomic mass is 10.0. The molecule has 0 aliphatic rings. The molecule has 112 valence electrons. The third kappa shape index (κ3) is 3.02. The van der Waals surface area contributed by atoms with Crippen molar-refractivity contribution in [2.75, 3.05) is 7.11 Å². The van der Waals surface area contributed by atoms with E-state index in [1.807, 2.05) is 26.0 Å². The van der Waals surface area contributed by atoms with Crippen LogP contribution in [0.1, 0.15) is 40.5 Å². The number of methoxy groups -OCH3 is 1. The molecule has 0 spiro atoms. The van der Waals surface area contributed by atoms with E-state index in [9.17, 15) is 4.79 Å². The molecular weight excluding hydrogens is 332 g/mol. The molecule has 0 bridgehead atoms. The Morgan fingerprint density at radius 3 is 2.48 bits per heavy atom. The van der Waals surface area contributed by atoms with Crippen LogP contribution in [0.3, 0.4) is 0 Å². The summed E-state index contributed by atoms with van der Waals surface area (Å²) in [7, 11) is 1.56. The molecule has 0 amide bonds. The second-order valence-electron chi connectivity index (χ2n) is 5.04. The van der Waals surface area contributed by atoms with Crippen molar-refractivity contribution < 1.29 is 9.53 Å². The zero-order valence-electron chi connectivity index (χ0n) is 12.7. The molecule has 0 fully saturated rings. The maximum atomic E-state index is 12.8. The van der Waals surface area contributed by atoms with Crippen LogP contribution in [0.15, 0.2) is 22.8 Å². The van der Waals surface area contributed by atoms with E-state index in [0.29, 0.717) is 23.6 Å². The molecule has 1 aromatic heterocycles. The second kappa shape index (κ2) is 6.43. The number of ketones is 1. The van der Waals surface area contributed by atoms with E-state index in [1.54, 1.807) is 18.0 Å². The smallest absolute Gasteiger partial charge is 0.214 e. The molecule has 4 nitrogen and oxygen atoms in total. The zero-order chi connectivity index (χ0) is 15.6. The highest BCUT2D eigenvalue weighted by Crippen LogP contribution is 2.26. The van der Waals surface area contributed by atoms with E-state index < -0.39 is 0 Å². The summed E-state index contributed by atoms with van der Waals surface area (Å²) in [5.41, 5.74) is 3.25. The Hall–Kier alpha value is -1.62. The minimum atomic E-state index is -0.0588. The Morgan fingerprint density at radius 2 is 1.95 bits per heavy atom. The van der Waals surface area contributed by atoms with E-state index in [4.69, 9.17) is 4.74 Å². The first-order valence-corrected chi connectivity index (χ1v) is 7.70. The van der Waals surface area contributed by atoms with Crippen molar-refractivity contribution in [3.8, 4) is 5.75 Å². The quantitative estimate of drug-likeness (QED) is 0.767. The second-order valence-corrected chi connectivity index (χ2v) is 5.83. The van der Waals surface area contributed by atoms with E-state index in [0.717, 1.165) is 22.0 Å². The van der Waals surface area contributed by atoms with Crippen molar-refractivity contribution in [1.29, 1.82) is 0 Å². The van der Waals surface area contributed by atoms with Crippen molar-refractivity contribution in [2.45, 2.75) is 33.7 Å². The van der Waals surface area contributed by atoms with Crippen LogP contribution in [0.5, 0.6) is 5.75 Å². The van der Waals surface area contributed by atoms with Gasteiger partial charge in [0, 0.05) is 16.6 Å². The fraction of sp³-hybridized carbons (Fsp3) is 0.375. The maximum absolute atomic E-state index is 12.8. The summed E-state index contributed by atoms with van der Waals surface area (Å²) >= 11 is 3.53. The molecule has 0 N–H and O–H groups in total. The lowest BCUT2D eigenvalue weighted by Crippen LogP contribution is -2.13. The fourth-order valence-corrected chi connectivity index (χ4v) is 2.57. The normalized spacial score (nSPS) is 10.7. The van der Waals surface area contributed by atoms with Gasteiger partial charge in [-0.25, -0.2) is 0 Å². The van der Waals surface area contributed by atoms with Crippen LogP contribution in [-0.2, 0) is 6.54 Å². The molecule has 0 radical (unpaired) electrons. The summed E-state index contributed by atoms with van der Waals surface area (Å²) in [5, 5.41) is 4.25. The van der Waals surface area contributed by atoms with Gasteiger partial charge in [-0.3, -0.25) is 9.48 Å². The number of nitrogens with zero attached hydrogens (tertiary/aromatic N) is 2. The largest absolute Gasteiger partial charge is 0.493 e. The van der Waals surface area contributed by atoms with Crippen LogP contribution in [0, 0.1) is 13.8 Å². The lowest BCUT2D eigenvalue weighted by molar-refractivity contribution is 0.102. The van der Waals surface area contributed by atoms with Crippen LogP contribution in [0.2, 0.25) is 0 Å². The molecule has 0 saturated heterocycles. The van der Waals surface area contributed by atoms with Gasteiger partial charge < -0.3 is 4.74 Å². The number of ether oxygens (including phenoxy) is 1. The van der Waals surface area contributed by atoms with Gasteiger partial charge in [-0.1, -0.05) is 22.9 Å². The van der Waals surface area contributed by atoms with Crippen LogP contribution < -0.4 is 4.74 Å². The fourth-order valence-electron chi connectivity index (χ4n) is 2.34. The number of carbonyl (C=O) groups excluding carboxylic acids is 1. The van der Waals surface area contributed by atoms with Crippen LogP contribution in [-0.4, -0.2) is 22.7 Å². The van der Waals surface area contributed by atoms with Crippen molar-refractivity contribution in [1.82, 2.24) is 9.78 Å². The van der Waals surface area contributed by atoms with Crippen molar-refractivity contribution in [2.24, 2.45) is 0 Å². The lowest BCUT2D eigenvalue weighted by Gasteiger charge is -2.10. The van der Waals surface area contributed by atoms with Gasteiger partial charge in [0.2, 0.25) is 5.78 Å². The molecule has 2 rings (SSSR count). The summed E-state index contributed by atoms with van der Waals surface area (Å²) < 4.78 is 8.04. The van der Waals surface area contributed by atoms with Gasteiger partial charge >= 0.3 is 0 Å². The SMILES string of the molecule is CCCn1ncc(OC)c1C(=O)c1cc(C)c(Br)c(C)c1. The number of aromatic nitrogens is 2. The maximum Gasteiger partial charge on any atom is 0.214 e. The summed E-state index contributed by atoms with van der Waals surface area (Å²) in [4.78, 5) is 12.8. The van der Waals surface area contributed by atoms with Gasteiger partial charge in [0.05, 0.1) is 13.3 Å². The average Bonchev–Trinajstić information content (AvgIpc) is 2.86. The van der Waals surface area contributed by atoms with Gasteiger partial charge in [0.25, 0.3) is 0 Å². The van der Waals surface area contributed by atoms with E-state index in [1.165, 1.54) is 0 Å². The Balaban J connectivity index is 2.51. The topological polar surface area (TPSA) is 44.1 Å². The predicted molar refractivity (Wildman–Crippen MR) is 86.1 cm³/mol. The highest BCUT2D eigenvalue weighted by atomic mass is 79.9. The first-order chi connectivity index (χ1) is 9.99. The van der Waals surface area contributed by atoms with Crippen LogP contribution in [0.4, 0.5) is 0 Å². The van der Waals surface area contributed by atoms with Gasteiger partial charge in [0.15, 0.2) is 11.4 Å². The predicted octanol–water partition coefficient (Wildman–Crippen LogP) is 3.91. The Kier molecular flexibility index (Phi) is 4.83. The van der Waals surface area contributed by atoms with E-state index in [-0.39, 0.29) is 5.78 Å². The highest BCUT2D eigenvalue weighted by molar-refractivity contribution is 9.10. The summed E-state index contributed by atoms with van der Waals surface area (Å²) in [6.07, 6.45) is 2.50. The molecule has 0 saturated carbocycles. The van der Waals surface area contributed by atoms with Crippen LogP contribution >= 0.6 is 15.9 Å². The molecule has 5 heteroatoms. The molecule has 0 unspecified atom stereocenters. The van der Waals surface area contributed by atoms with E-state index >= 15 is 0 Å². The molecule has 0 aliphatic heterocycles. The van der Waals surface area contributed by atoms with Gasteiger partial charge in [-0.2, -0.15) is 5.10 Å². The van der Waals surface area contributed by atoms with E-state index in [2.05, 4.69) is 28.0 Å². The standard InChI is InChI=1S/C16H19BrN2O2/c1-5-6-19-15(13(21-4)9-18-19)16(20)12-7-10(2)14(17)11(3)8-12/h7-9H,5-6H2,1-4H3. The minimum Gasteiger partial charge on any atom is -0.493 e. The Bertz CT molecular complexity index is 654. The highest BCUT2D eigenvalue weighted by Gasteiger charge is 2.21. The van der Waals surface area contributed by atoms with Gasteiger partial charge in [0.1, 0.15) is 0 Å². The number of carbonyl (C=O) groups is 1. The molecule has 0 atom stereocenters. The minimum absolute atomic E-state index is 0.0588. The Morgan fingerprint density at radius 1 is 1.33 bits per heavy atom. The number of aryl methyl sites for hydroxylation is 3. The van der Waals surface area contributed by atoms with Crippen molar-refractivity contribution in [3.63, 3.8) is 0 Å². The van der Waals surface area contributed by atoms with Gasteiger partial charge in [-0.15, -0.1) is 0 Å². The third-order valence-electron chi connectivity index (χ3n) is 3.37. The number of benzene rings is 1. The number of hydrogen-bond donors (Lipinski definition) is 0. The molecule has 0 aliphatic carbocycles. The summed E-state index contributed by atoms with van der Waals surface area (Å²) in [6.45, 7) is 6.71. The summed E-state index contributed by atoms with van der Waals surface area (Å²) in [6, 6.07) is 3.78. The monoisotopic (exact) mass is 350 g/mol. The summed E-state index contributed by atoms with van der Waals surface area (Å²) in [5.74, 6) is 0.461. The molecule has 1 heterocycles. The molecular formula is C16H19BrN2O2.